The Balaban J connectivity index is 1.83. The molecule has 1 aliphatic carbocycles. The summed E-state index contributed by atoms with van der Waals surface area (Å²) >= 11 is 0. The van der Waals surface area contributed by atoms with E-state index in [0.29, 0.717) is 24.9 Å². The molecule has 1 saturated carbocycles. The average Bonchev–Trinajstić information content (AvgIpc) is 2.64. The lowest BCUT2D eigenvalue weighted by Gasteiger charge is -2.39. The van der Waals surface area contributed by atoms with E-state index in [9.17, 15) is 13.5 Å². The third-order valence-electron chi connectivity index (χ3n) is 3.93. The summed E-state index contributed by atoms with van der Waals surface area (Å²) in [7, 11) is -3.36. The monoisotopic (exact) mass is 307 g/mol. The minimum absolute atomic E-state index is 0.254. The number of nitrogens with zero attached hydrogens (tertiary/aromatic N) is 1. The van der Waals surface area contributed by atoms with Crippen molar-refractivity contribution in [3.8, 4) is 0 Å². The van der Waals surface area contributed by atoms with Gasteiger partial charge in [0, 0.05) is 20.0 Å². The van der Waals surface area contributed by atoms with Crippen molar-refractivity contribution in [3.05, 3.63) is 0 Å². The van der Waals surface area contributed by atoms with E-state index in [1.54, 1.807) is 6.92 Å². The molecule has 0 radical (unpaired) electrons. The molecule has 7 heteroatoms. The molecule has 118 valence electrons. The van der Waals surface area contributed by atoms with E-state index >= 15 is 0 Å². The first-order valence-electron chi connectivity index (χ1n) is 6.91. The standard InChI is InChI=1S/C13H25NO5S/c1-12(2,3)19-13(4,15)14-6-9-10(7-14)11(9)8-18-20(5,16)17/h9-11,15H,6-8H2,1-5H3. The zero-order valence-electron chi connectivity index (χ0n) is 12.8. The van der Waals surface area contributed by atoms with Gasteiger partial charge in [0.15, 0.2) is 0 Å². The molecule has 1 N–H and O–H groups in total. The molecule has 0 aromatic heterocycles. The van der Waals surface area contributed by atoms with E-state index in [1.165, 1.54) is 0 Å². The topological polar surface area (TPSA) is 76.1 Å². The van der Waals surface area contributed by atoms with E-state index in [4.69, 9.17) is 8.92 Å². The fraction of sp³-hybridized carbons (Fsp3) is 1.00. The maximum Gasteiger partial charge on any atom is 0.264 e. The molecule has 0 bridgehead atoms. The van der Waals surface area contributed by atoms with Gasteiger partial charge < -0.3 is 9.84 Å². The van der Waals surface area contributed by atoms with Crippen LogP contribution in [-0.2, 0) is 19.0 Å². The highest BCUT2D eigenvalue weighted by Crippen LogP contribution is 2.53. The number of rotatable bonds is 5. The Kier molecular flexibility index (Phi) is 3.97. The summed E-state index contributed by atoms with van der Waals surface area (Å²) in [5, 5.41) is 10.4. The van der Waals surface area contributed by atoms with E-state index in [2.05, 4.69) is 0 Å². The van der Waals surface area contributed by atoms with Crippen molar-refractivity contribution >= 4 is 10.1 Å². The molecule has 1 heterocycles. The molecule has 0 aromatic carbocycles. The van der Waals surface area contributed by atoms with Gasteiger partial charge in [-0.1, -0.05) is 0 Å². The number of hydrogen-bond donors (Lipinski definition) is 1. The molecule has 2 aliphatic rings. The Labute approximate surface area is 121 Å². The van der Waals surface area contributed by atoms with Gasteiger partial charge in [-0.15, -0.1) is 0 Å². The molecule has 1 aliphatic heterocycles. The number of aliphatic hydroxyl groups is 1. The Morgan fingerprint density at radius 2 is 1.70 bits per heavy atom. The fourth-order valence-corrected chi connectivity index (χ4v) is 3.49. The quantitative estimate of drug-likeness (QED) is 0.593. The van der Waals surface area contributed by atoms with E-state index in [-0.39, 0.29) is 12.5 Å². The first kappa shape index (κ1) is 16.2. The predicted octanol–water partition coefficient (Wildman–Crippen LogP) is 0.622. The van der Waals surface area contributed by atoms with Gasteiger partial charge in [-0.25, -0.2) is 0 Å². The summed E-state index contributed by atoms with van der Waals surface area (Å²) in [6.45, 7) is 9.05. The number of ether oxygens (including phenoxy) is 1. The van der Waals surface area contributed by atoms with Crippen LogP contribution in [-0.4, -0.2) is 55.9 Å². The molecular formula is C13H25NO5S. The predicted molar refractivity (Wildman–Crippen MR) is 74.3 cm³/mol. The largest absolute Gasteiger partial charge is 0.353 e. The van der Waals surface area contributed by atoms with Crippen molar-refractivity contribution in [2.75, 3.05) is 26.0 Å². The van der Waals surface area contributed by atoms with Crippen molar-refractivity contribution < 1.29 is 22.4 Å². The van der Waals surface area contributed by atoms with E-state index < -0.39 is 21.6 Å². The Bertz CT molecular complexity index is 456. The van der Waals surface area contributed by atoms with Gasteiger partial charge in [0.1, 0.15) is 0 Å². The zero-order valence-corrected chi connectivity index (χ0v) is 13.6. The molecule has 2 rings (SSSR count). The second-order valence-corrected chi connectivity index (χ2v) is 8.68. The molecule has 2 fully saturated rings. The molecule has 20 heavy (non-hydrogen) atoms. The third kappa shape index (κ3) is 3.92. The number of likely N-dealkylation sites (tertiary alicyclic amines) is 1. The van der Waals surface area contributed by atoms with Crippen LogP contribution in [0.1, 0.15) is 27.7 Å². The van der Waals surface area contributed by atoms with Crippen LogP contribution in [0.15, 0.2) is 0 Å². The summed E-state index contributed by atoms with van der Waals surface area (Å²) in [6.07, 6.45) is 1.07. The molecule has 1 saturated heterocycles. The maximum absolute atomic E-state index is 11.0. The lowest BCUT2D eigenvalue weighted by molar-refractivity contribution is -0.315. The van der Waals surface area contributed by atoms with E-state index in [0.717, 1.165) is 6.26 Å². The van der Waals surface area contributed by atoms with Gasteiger partial charge >= 0.3 is 0 Å². The third-order valence-corrected chi connectivity index (χ3v) is 4.50. The molecule has 3 unspecified atom stereocenters. The highest BCUT2D eigenvalue weighted by atomic mass is 32.2. The average molecular weight is 307 g/mol. The second-order valence-electron chi connectivity index (χ2n) is 7.03. The van der Waals surface area contributed by atoms with Crippen molar-refractivity contribution in [1.29, 1.82) is 0 Å². The summed E-state index contributed by atoms with van der Waals surface area (Å²) in [4.78, 5) is 1.91. The number of hydrogen-bond acceptors (Lipinski definition) is 6. The fourth-order valence-electron chi connectivity index (χ4n) is 3.08. The van der Waals surface area contributed by atoms with Gasteiger partial charge in [-0.2, -0.15) is 8.42 Å². The maximum atomic E-state index is 11.0. The normalized spacial score (nSPS) is 33.8. The van der Waals surface area contributed by atoms with Gasteiger partial charge in [-0.3, -0.25) is 9.08 Å². The van der Waals surface area contributed by atoms with Crippen molar-refractivity contribution in [3.63, 3.8) is 0 Å². The first-order valence-corrected chi connectivity index (χ1v) is 8.73. The van der Waals surface area contributed by atoms with Crippen LogP contribution in [0, 0.1) is 17.8 Å². The minimum Gasteiger partial charge on any atom is -0.353 e. The minimum atomic E-state index is -3.36. The summed E-state index contributed by atoms with van der Waals surface area (Å²) < 4.78 is 32.5. The highest BCUT2D eigenvalue weighted by Gasteiger charge is 2.59. The van der Waals surface area contributed by atoms with Crippen LogP contribution in [0.25, 0.3) is 0 Å². The Morgan fingerprint density at radius 1 is 1.20 bits per heavy atom. The van der Waals surface area contributed by atoms with Gasteiger partial charge in [0.2, 0.25) is 5.91 Å². The van der Waals surface area contributed by atoms with Crippen molar-refractivity contribution in [1.82, 2.24) is 4.90 Å². The van der Waals surface area contributed by atoms with Crippen molar-refractivity contribution in [2.24, 2.45) is 17.8 Å². The van der Waals surface area contributed by atoms with Crippen LogP contribution in [0.4, 0.5) is 0 Å². The lowest BCUT2D eigenvalue weighted by Crippen LogP contribution is -2.52. The molecule has 6 nitrogen and oxygen atoms in total. The van der Waals surface area contributed by atoms with Gasteiger partial charge in [0.25, 0.3) is 10.1 Å². The molecule has 0 amide bonds. The lowest BCUT2D eigenvalue weighted by atomic mass is 10.2. The zero-order chi connectivity index (χ0) is 15.3. The van der Waals surface area contributed by atoms with E-state index in [1.807, 2.05) is 25.7 Å². The first-order chi connectivity index (χ1) is 8.89. The van der Waals surface area contributed by atoms with Crippen LogP contribution in [0.5, 0.6) is 0 Å². The Hall–Kier alpha value is -0.210. The smallest absolute Gasteiger partial charge is 0.264 e. The summed E-state index contributed by atoms with van der Waals surface area (Å²) in [5.41, 5.74) is -0.422. The molecular weight excluding hydrogens is 282 g/mol. The molecule has 0 spiro atoms. The SMILES string of the molecule is CC(C)(C)OC(C)(O)N1CC2C(COS(C)(=O)=O)C2C1. The molecule has 0 aromatic rings. The number of piperidine rings is 1. The molecule has 3 atom stereocenters. The Morgan fingerprint density at radius 3 is 2.10 bits per heavy atom. The van der Waals surface area contributed by atoms with Gasteiger partial charge in [0.05, 0.1) is 18.5 Å². The summed E-state index contributed by atoms with van der Waals surface area (Å²) in [5.74, 6) is -0.210. The van der Waals surface area contributed by atoms with Crippen molar-refractivity contribution in [2.45, 2.75) is 39.2 Å². The van der Waals surface area contributed by atoms with Crippen LogP contribution >= 0.6 is 0 Å². The van der Waals surface area contributed by atoms with Crippen LogP contribution in [0.2, 0.25) is 0 Å². The second kappa shape index (κ2) is 4.91. The summed E-state index contributed by atoms with van der Waals surface area (Å²) in [6, 6.07) is 0. The van der Waals surface area contributed by atoms with Crippen LogP contribution in [0.3, 0.4) is 0 Å². The highest BCUT2D eigenvalue weighted by molar-refractivity contribution is 7.85. The van der Waals surface area contributed by atoms with Gasteiger partial charge in [-0.05, 0) is 38.5 Å². The van der Waals surface area contributed by atoms with Crippen LogP contribution < -0.4 is 0 Å². The number of fused-ring (bicyclic) bond motifs is 1.